The lowest BCUT2D eigenvalue weighted by molar-refractivity contribution is -0.144. The van der Waals surface area contributed by atoms with Crippen molar-refractivity contribution in [2.24, 2.45) is 0 Å². The van der Waals surface area contributed by atoms with Crippen molar-refractivity contribution < 1.29 is 13.2 Å². The van der Waals surface area contributed by atoms with Gasteiger partial charge in [-0.05, 0) is 25.7 Å². The summed E-state index contributed by atoms with van der Waals surface area (Å²) in [5.41, 5.74) is 0.460. The van der Waals surface area contributed by atoms with E-state index in [0.29, 0.717) is 11.6 Å². The third-order valence-corrected chi connectivity index (χ3v) is 5.50. The lowest BCUT2D eigenvalue weighted by Gasteiger charge is -2.39. The number of hydrogen-bond donors (Lipinski definition) is 2. The first-order chi connectivity index (χ1) is 12.5. The number of alkyl halides is 3. The number of piperidine rings is 1. The van der Waals surface area contributed by atoms with Crippen LogP contribution in [-0.4, -0.2) is 50.0 Å². The number of fused-ring (bicyclic) bond motifs is 1. The molecule has 0 radical (unpaired) electrons. The Kier molecular flexibility index (Phi) is 4.73. The smallest absolute Gasteiger partial charge is 0.365 e. The number of likely N-dealkylation sites (tertiary alicyclic amines) is 1. The average Bonchev–Trinajstić information content (AvgIpc) is 3.11. The number of imidazole rings is 1. The fourth-order valence-corrected chi connectivity index (χ4v) is 4.11. The Labute approximate surface area is 149 Å². The second kappa shape index (κ2) is 7.02. The molecule has 0 unspecified atom stereocenters. The molecular weight excluding hydrogens is 345 g/mol. The predicted octanol–water partition coefficient (Wildman–Crippen LogP) is 3.58. The molecule has 2 aromatic rings. The number of anilines is 1. The Morgan fingerprint density at radius 1 is 1.04 bits per heavy atom. The van der Waals surface area contributed by atoms with Crippen LogP contribution in [0.4, 0.5) is 19.0 Å². The molecule has 2 aromatic heterocycles. The molecule has 1 saturated heterocycles. The Morgan fingerprint density at radius 2 is 1.77 bits per heavy atom. The van der Waals surface area contributed by atoms with Crippen LogP contribution in [-0.2, 0) is 6.18 Å². The maximum Gasteiger partial charge on any atom is 0.451 e. The predicted molar refractivity (Wildman–Crippen MR) is 91.8 cm³/mol. The first kappa shape index (κ1) is 17.5. The van der Waals surface area contributed by atoms with Crippen molar-refractivity contribution in [2.75, 3.05) is 18.4 Å². The molecule has 0 amide bonds. The first-order valence-corrected chi connectivity index (χ1v) is 9.29. The normalized spacial score (nSPS) is 21.3. The van der Waals surface area contributed by atoms with E-state index >= 15 is 0 Å². The van der Waals surface area contributed by atoms with Crippen molar-refractivity contribution in [2.45, 2.75) is 63.2 Å². The molecule has 1 aliphatic carbocycles. The van der Waals surface area contributed by atoms with Gasteiger partial charge in [-0.1, -0.05) is 19.3 Å². The van der Waals surface area contributed by atoms with Gasteiger partial charge < -0.3 is 15.2 Å². The van der Waals surface area contributed by atoms with E-state index in [1.165, 1.54) is 38.4 Å². The zero-order valence-corrected chi connectivity index (χ0v) is 14.5. The number of halogens is 3. The van der Waals surface area contributed by atoms with Crippen LogP contribution in [0.1, 0.15) is 50.8 Å². The maximum atomic E-state index is 13.0. The van der Waals surface area contributed by atoms with Gasteiger partial charge in [0.05, 0.1) is 6.33 Å². The molecule has 6 nitrogen and oxygen atoms in total. The molecule has 26 heavy (non-hydrogen) atoms. The lowest BCUT2D eigenvalue weighted by Crippen LogP contribution is -2.45. The molecule has 2 fully saturated rings. The Balaban J connectivity index is 1.45. The Bertz CT molecular complexity index is 745. The molecule has 1 aliphatic heterocycles. The van der Waals surface area contributed by atoms with E-state index in [9.17, 15) is 13.2 Å². The molecule has 3 heterocycles. The van der Waals surface area contributed by atoms with Crippen LogP contribution in [0.15, 0.2) is 6.33 Å². The number of aromatic nitrogens is 4. The van der Waals surface area contributed by atoms with Crippen LogP contribution in [0, 0.1) is 0 Å². The van der Waals surface area contributed by atoms with E-state index in [1.807, 2.05) is 0 Å². The fourth-order valence-electron chi connectivity index (χ4n) is 4.11. The molecule has 0 spiro atoms. The number of nitrogens with zero attached hydrogens (tertiary/aromatic N) is 4. The summed E-state index contributed by atoms with van der Waals surface area (Å²) in [5, 5.41) is 3.20. The molecule has 0 aromatic carbocycles. The fraction of sp³-hybridized carbons (Fsp3) is 0.706. The van der Waals surface area contributed by atoms with Crippen molar-refractivity contribution in [3.63, 3.8) is 0 Å². The van der Waals surface area contributed by atoms with E-state index in [1.54, 1.807) is 0 Å². The first-order valence-electron chi connectivity index (χ1n) is 9.29. The summed E-state index contributed by atoms with van der Waals surface area (Å²) < 4.78 is 39.1. The second-order valence-electron chi connectivity index (χ2n) is 7.24. The number of rotatable bonds is 3. The van der Waals surface area contributed by atoms with Crippen molar-refractivity contribution in [3.05, 3.63) is 12.2 Å². The van der Waals surface area contributed by atoms with Gasteiger partial charge in [0, 0.05) is 25.2 Å². The van der Waals surface area contributed by atoms with Crippen LogP contribution in [0.5, 0.6) is 0 Å². The van der Waals surface area contributed by atoms with Gasteiger partial charge in [0.25, 0.3) is 0 Å². The quantitative estimate of drug-likeness (QED) is 0.867. The molecule has 142 valence electrons. The highest BCUT2D eigenvalue weighted by Gasteiger charge is 2.36. The monoisotopic (exact) mass is 368 g/mol. The Morgan fingerprint density at radius 3 is 2.46 bits per heavy atom. The van der Waals surface area contributed by atoms with Gasteiger partial charge in [-0.15, -0.1) is 0 Å². The van der Waals surface area contributed by atoms with Crippen LogP contribution >= 0.6 is 0 Å². The van der Waals surface area contributed by atoms with Gasteiger partial charge in [-0.3, -0.25) is 0 Å². The van der Waals surface area contributed by atoms with Gasteiger partial charge in [0.1, 0.15) is 5.52 Å². The topological polar surface area (TPSA) is 69.7 Å². The van der Waals surface area contributed by atoms with Crippen molar-refractivity contribution in [1.29, 1.82) is 0 Å². The summed E-state index contributed by atoms with van der Waals surface area (Å²) in [6, 6.07) is 0.789. The molecule has 1 saturated carbocycles. The minimum Gasteiger partial charge on any atom is -0.365 e. The lowest BCUT2D eigenvalue weighted by atomic mass is 9.92. The summed E-state index contributed by atoms with van der Waals surface area (Å²) in [6.45, 7) is 1.96. The van der Waals surface area contributed by atoms with Gasteiger partial charge in [-0.25, -0.2) is 15.0 Å². The number of aromatic amines is 1. The second-order valence-corrected chi connectivity index (χ2v) is 7.24. The van der Waals surface area contributed by atoms with Crippen molar-refractivity contribution in [3.8, 4) is 0 Å². The summed E-state index contributed by atoms with van der Waals surface area (Å²) in [5.74, 6) is -0.963. The van der Waals surface area contributed by atoms with E-state index in [4.69, 9.17) is 0 Å². The molecule has 0 atom stereocenters. The molecule has 2 N–H and O–H groups in total. The third kappa shape index (κ3) is 3.62. The number of nitrogens with one attached hydrogen (secondary N) is 2. The molecule has 4 rings (SSSR count). The zero-order chi connectivity index (χ0) is 18.1. The summed E-state index contributed by atoms with van der Waals surface area (Å²) in [6.07, 6.45) is 5.05. The van der Waals surface area contributed by atoms with Crippen LogP contribution in [0.25, 0.3) is 11.2 Å². The van der Waals surface area contributed by atoms with Gasteiger partial charge in [-0.2, -0.15) is 13.2 Å². The van der Waals surface area contributed by atoms with Gasteiger partial charge >= 0.3 is 6.18 Å². The van der Waals surface area contributed by atoms with Gasteiger partial charge in [0.2, 0.25) is 5.82 Å². The van der Waals surface area contributed by atoms with E-state index in [0.717, 1.165) is 25.9 Å². The summed E-state index contributed by atoms with van der Waals surface area (Å²) in [4.78, 5) is 16.5. The highest BCUT2D eigenvalue weighted by Crippen LogP contribution is 2.30. The Hall–Kier alpha value is -1.90. The largest absolute Gasteiger partial charge is 0.451 e. The van der Waals surface area contributed by atoms with Gasteiger partial charge in [0.15, 0.2) is 11.5 Å². The molecule has 9 heteroatoms. The van der Waals surface area contributed by atoms with Crippen LogP contribution < -0.4 is 5.32 Å². The summed E-state index contributed by atoms with van der Waals surface area (Å²) >= 11 is 0. The van der Waals surface area contributed by atoms with E-state index < -0.39 is 12.0 Å². The molecule has 2 aliphatic rings. The van der Waals surface area contributed by atoms with Crippen molar-refractivity contribution in [1.82, 2.24) is 24.8 Å². The number of H-pyrrole nitrogens is 1. The van der Waals surface area contributed by atoms with Crippen molar-refractivity contribution >= 4 is 17.0 Å². The minimum absolute atomic E-state index is 0.0365. The molecular formula is C17H23F3N6. The standard InChI is InChI=1S/C17H23F3N6/c18-17(19,20)16-24-14-13(21-10-22-14)15(25-16)23-11-6-8-26(9-7-11)12-4-2-1-3-5-12/h10-12H,1-9H2,(H2,21,22,23,24,25). The number of hydrogen-bond acceptors (Lipinski definition) is 5. The third-order valence-electron chi connectivity index (χ3n) is 5.50. The average molecular weight is 368 g/mol. The van der Waals surface area contributed by atoms with E-state index in [2.05, 4.69) is 30.2 Å². The summed E-state index contributed by atoms with van der Waals surface area (Å²) in [7, 11) is 0. The van der Waals surface area contributed by atoms with Crippen LogP contribution in [0.3, 0.4) is 0 Å². The molecule has 0 bridgehead atoms. The maximum absolute atomic E-state index is 13.0. The highest BCUT2D eigenvalue weighted by molar-refractivity contribution is 5.82. The highest BCUT2D eigenvalue weighted by atomic mass is 19.4. The SMILES string of the molecule is FC(F)(F)c1nc(NC2CCN(C3CCCCC3)CC2)c2[nH]cnc2n1. The minimum atomic E-state index is -4.59. The zero-order valence-electron chi connectivity index (χ0n) is 14.5. The van der Waals surface area contributed by atoms with E-state index in [-0.39, 0.29) is 17.5 Å². The van der Waals surface area contributed by atoms with Crippen LogP contribution in [0.2, 0.25) is 0 Å².